The van der Waals surface area contributed by atoms with Gasteiger partial charge in [0, 0.05) is 24.1 Å². The molecule has 2 unspecified atom stereocenters. The lowest BCUT2D eigenvalue weighted by atomic mass is 9.94. The largest absolute Gasteiger partial charge is 0.381 e. The van der Waals surface area contributed by atoms with Gasteiger partial charge in [-0.2, -0.15) is 0 Å². The summed E-state index contributed by atoms with van der Waals surface area (Å²) in [5.41, 5.74) is 0. The zero-order chi connectivity index (χ0) is 9.80. The fourth-order valence-electron chi connectivity index (χ4n) is 1.98. The van der Waals surface area contributed by atoms with Gasteiger partial charge in [-0.25, -0.2) is 4.98 Å². The van der Waals surface area contributed by atoms with Crippen LogP contribution >= 0.6 is 11.3 Å². The third-order valence-corrected chi connectivity index (χ3v) is 3.55. The van der Waals surface area contributed by atoms with Gasteiger partial charge in [-0.05, 0) is 19.9 Å². The Bertz CT molecular complexity index is 257. The van der Waals surface area contributed by atoms with Crippen LogP contribution in [0.1, 0.15) is 23.9 Å². The minimum absolute atomic E-state index is 0.371. The predicted octanol–water partition coefficient (Wildman–Crippen LogP) is 1.83. The lowest BCUT2D eigenvalue weighted by Crippen LogP contribution is -2.31. The molecule has 0 aliphatic carbocycles. The van der Waals surface area contributed by atoms with Gasteiger partial charge in [0.1, 0.15) is 5.01 Å². The summed E-state index contributed by atoms with van der Waals surface area (Å²) in [6.45, 7) is 1.79. The van der Waals surface area contributed by atoms with Crippen LogP contribution in [0.4, 0.5) is 0 Å². The van der Waals surface area contributed by atoms with Crippen LogP contribution in [0.2, 0.25) is 0 Å². The molecule has 0 aromatic carbocycles. The molecule has 1 N–H and O–H groups in total. The topological polar surface area (TPSA) is 34.2 Å². The average molecular weight is 212 g/mol. The van der Waals surface area contributed by atoms with Crippen LogP contribution in [0, 0.1) is 5.92 Å². The number of rotatable bonds is 3. The third kappa shape index (κ3) is 2.13. The lowest BCUT2D eigenvalue weighted by Gasteiger charge is -2.28. The molecule has 1 aromatic rings. The molecule has 3 nitrogen and oxygen atoms in total. The number of aromatic nitrogens is 1. The Hall–Kier alpha value is -0.450. The van der Waals surface area contributed by atoms with E-state index in [0.29, 0.717) is 12.0 Å². The van der Waals surface area contributed by atoms with E-state index in [2.05, 4.69) is 10.3 Å². The summed E-state index contributed by atoms with van der Waals surface area (Å²) < 4.78 is 5.50. The first-order valence-electron chi connectivity index (χ1n) is 5.06. The quantitative estimate of drug-likeness (QED) is 0.830. The standard InChI is InChI=1S/C10H16N2OS/c1-11-9(10-12-4-6-14-10)8-3-2-5-13-7-8/h4,6,8-9,11H,2-3,5,7H2,1H3. The van der Waals surface area contributed by atoms with Crippen LogP contribution in [-0.4, -0.2) is 25.2 Å². The minimum atomic E-state index is 0.371. The predicted molar refractivity (Wildman–Crippen MR) is 57.5 cm³/mol. The molecule has 2 atom stereocenters. The van der Waals surface area contributed by atoms with Gasteiger partial charge in [-0.3, -0.25) is 0 Å². The van der Waals surface area contributed by atoms with Crippen molar-refractivity contribution in [1.82, 2.24) is 10.3 Å². The maximum absolute atomic E-state index is 5.50. The summed E-state index contributed by atoms with van der Waals surface area (Å²) in [5, 5.41) is 6.56. The molecule has 1 aliphatic heterocycles. The molecule has 1 aliphatic rings. The molecule has 14 heavy (non-hydrogen) atoms. The van der Waals surface area contributed by atoms with Gasteiger partial charge in [-0.15, -0.1) is 11.3 Å². The van der Waals surface area contributed by atoms with E-state index in [4.69, 9.17) is 4.74 Å². The number of nitrogens with zero attached hydrogens (tertiary/aromatic N) is 1. The second-order valence-electron chi connectivity index (χ2n) is 3.61. The first-order chi connectivity index (χ1) is 6.92. The number of hydrogen-bond donors (Lipinski definition) is 1. The van der Waals surface area contributed by atoms with Crippen LogP contribution in [-0.2, 0) is 4.74 Å². The Morgan fingerprint density at radius 3 is 3.21 bits per heavy atom. The van der Waals surface area contributed by atoms with Crippen molar-refractivity contribution in [1.29, 1.82) is 0 Å². The fraction of sp³-hybridized carbons (Fsp3) is 0.700. The molecule has 1 aromatic heterocycles. The Kier molecular flexibility index (Phi) is 3.50. The number of hydrogen-bond acceptors (Lipinski definition) is 4. The Morgan fingerprint density at radius 1 is 1.71 bits per heavy atom. The van der Waals surface area contributed by atoms with Gasteiger partial charge >= 0.3 is 0 Å². The van der Waals surface area contributed by atoms with E-state index in [1.165, 1.54) is 17.8 Å². The van der Waals surface area contributed by atoms with Crippen molar-refractivity contribution in [3.8, 4) is 0 Å². The fourth-order valence-corrected chi connectivity index (χ4v) is 2.82. The zero-order valence-corrected chi connectivity index (χ0v) is 9.22. The molecule has 0 radical (unpaired) electrons. The van der Waals surface area contributed by atoms with E-state index < -0.39 is 0 Å². The van der Waals surface area contributed by atoms with E-state index >= 15 is 0 Å². The maximum atomic E-state index is 5.50. The highest BCUT2D eigenvalue weighted by atomic mass is 32.1. The Balaban J connectivity index is 2.04. The molecule has 1 fully saturated rings. The highest BCUT2D eigenvalue weighted by molar-refractivity contribution is 7.09. The van der Waals surface area contributed by atoms with Gasteiger partial charge < -0.3 is 10.1 Å². The Morgan fingerprint density at radius 2 is 2.64 bits per heavy atom. The molecular weight excluding hydrogens is 196 g/mol. The minimum Gasteiger partial charge on any atom is -0.381 e. The van der Waals surface area contributed by atoms with E-state index in [1.54, 1.807) is 11.3 Å². The summed E-state index contributed by atoms with van der Waals surface area (Å²) in [6, 6.07) is 0.371. The zero-order valence-electron chi connectivity index (χ0n) is 8.40. The van der Waals surface area contributed by atoms with Gasteiger partial charge in [0.25, 0.3) is 0 Å². The molecule has 0 amide bonds. The van der Waals surface area contributed by atoms with Crippen molar-refractivity contribution in [2.75, 3.05) is 20.3 Å². The smallest absolute Gasteiger partial charge is 0.110 e. The van der Waals surface area contributed by atoms with Gasteiger partial charge in [0.15, 0.2) is 0 Å². The molecule has 78 valence electrons. The van der Waals surface area contributed by atoms with Crippen LogP contribution in [0.5, 0.6) is 0 Å². The maximum Gasteiger partial charge on any atom is 0.110 e. The summed E-state index contributed by atoms with van der Waals surface area (Å²) >= 11 is 1.72. The normalized spacial score (nSPS) is 24.8. The van der Waals surface area contributed by atoms with Crippen molar-refractivity contribution >= 4 is 11.3 Å². The molecule has 2 heterocycles. The van der Waals surface area contributed by atoms with Crippen molar-refractivity contribution in [3.05, 3.63) is 16.6 Å². The van der Waals surface area contributed by atoms with Crippen LogP contribution in [0.3, 0.4) is 0 Å². The van der Waals surface area contributed by atoms with Crippen LogP contribution < -0.4 is 5.32 Å². The number of nitrogens with one attached hydrogen (secondary N) is 1. The van der Waals surface area contributed by atoms with Crippen molar-refractivity contribution in [3.63, 3.8) is 0 Å². The van der Waals surface area contributed by atoms with E-state index in [1.807, 2.05) is 18.6 Å². The van der Waals surface area contributed by atoms with E-state index in [0.717, 1.165) is 13.2 Å². The van der Waals surface area contributed by atoms with Gasteiger partial charge in [0.05, 0.1) is 12.6 Å². The first kappa shape index (κ1) is 10.1. The summed E-state index contributed by atoms with van der Waals surface area (Å²) in [6.07, 6.45) is 4.29. The van der Waals surface area contributed by atoms with Crippen LogP contribution in [0.25, 0.3) is 0 Å². The summed E-state index contributed by atoms with van der Waals surface area (Å²) in [4.78, 5) is 4.36. The first-order valence-corrected chi connectivity index (χ1v) is 5.94. The highest BCUT2D eigenvalue weighted by Gasteiger charge is 2.25. The van der Waals surface area contributed by atoms with Crippen LogP contribution in [0.15, 0.2) is 11.6 Å². The molecule has 2 rings (SSSR count). The number of ether oxygens (including phenoxy) is 1. The summed E-state index contributed by atoms with van der Waals surface area (Å²) in [5.74, 6) is 0.583. The molecule has 4 heteroatoms. The molecule has 0 bridgehead atoms. The SMILES string of the molecule is CNC(c1nccs1)C1CCCOC1. The highest BCUT2D eigenvalue weighted by Crippen LogP contribution is 2.29. The van der Waals surface area contributed by atoms with E-state index in [-0.39, 0.29) is 0 Å². The second kappa shape index (κ2) is 4.87. The second-order valence-corrected chi connectivity index (χ2v) is 4.54. The van der Waals surface area contributed by atoms with Crippen molar-refractivity contribution in [2.24, 2.45) is 5.92 Å². The number of thiazole rings is 1. The summed E-state index contributed by atoms with van der Waals surface area (Å²) in [7, 11) is 2.00. The van der Waals surface area contributed by atoms with E-state index in [9.17, 15) is 0 Å². The van der Waals surface area contributed by atoms with Gasteiger partial charge in [-0.1, -0.05) is 0 Å². The van der Waals surface area contributed by atoms with Gasteiger partial charge in [0.2, 0.25) is 0 Å². The monoisotopic (exact) mass is 212 g/mol. The molecule has 0 saturated carbocycles. The lowest BCUT2D eigenvalue weighted by molar-refractivity contribution is 0.0401. The van der Waals surface area contributed by atoms with Crippen molar-refractivity contribution in [2.45, 2.75) is 18.9 Å². The third-order valence-electron chi connectivity index (χ3n) is 2.70. The molecule has 0 spiro atoms. The average Bonchev–Trinajstić information content (AvgIpc) is 2.74. The molecule has 1 saturated heterocycles. The molecular formula is C10H16N2OS. The Labute approximate surface area is 88.5 Å². The van der Waals surface area contributed by atoms with Crippen molar-refractivity contribution < 1.29 is 4.74 Å².